The summed E-state index contributed by atoms with van der Waals surface area (Å²) in [6.07, 6.45) is 1.46. The summed E-state index contributed by atoms with van der Waals surface area (Å²) in [7, 11) is 3.78. The zero-order valence-electron chi connectivity index (χ0n) is 17.9. The van der Waals surface area contributed by atoms with E-state index in [0.717, 1.165) is 11.8 Å². The van der Waals surface area contributed by atoms with Crippen molar-refractivity contribution in [1.29, 1.82) is 0 Å². The van der Waals surface area contributed by atoms with E-state index in [-0.39, 0.29) is 16.9 Å². The van der Waals surface area contributed by atoms with Crippen molar-refractivity contribution in [3.63, 3.8) is 0 Å². The Hall–Kier alpha value is -4.53. The van der Waals surface area contributed by atoms with Gasteiger partial charge in [-0.15, -0.1) is 0 Å². The predicted molar refractivity (Wildman–Crippen MR) is 124 cm³/mol. The average Bonchev–Trinajstić information content (AvgIpc) is 2.79. The van der Waals surface area contributed by atoms with Crippen molar-refractivity contribution in [3.05, 3.63) is 106 Å². The van der Waals surface area contributed by atoms with Crippen LogP contribution >= 0.6 is 0 Å². The van der Waals surface area contributed by atoms with E-state index >= 15 is 0 Å². The first-order valence-electron chi connectivity index (χ1n) is 9.85. The summed E-state index contributed by atoms with van der Waals surface area (Å²) in [4.78, 5) is 37.7. The number of non-ortho nitro benzene ring substituents is 1. The van der Waals surface area contributed by atoms with Gasteiger partial charge in [-0.2, -0.15) is 0 Å². The molecule has 0 aliphatic rings. The van der Waals surface area contributed by atoms with Crippen molar-refractivity contribution >= 4 is 35.0 Å². The molecule has 8 nitrogen and oxygen atoms in total. The van der Waals surface area contributed by atoms with E-state index in [1.807, 2.05) is 31.1 Å². The van der Waals surface area contributed by atoms with E-state index in [1.165, 1.54) is 48.5 Å². The lowest BCUT2D eigenvalue weighted by Crippen LogP contribution is -2.31. The number of hydrogen-bond acceptors (Lipinski definition) is 5. The van der Waals surface area contributed by atoms with Crippen molar-refractivity contribution in [2.75, 3.05) is 24.3 Å². The standard InChI is InChI=1S/C24H21FN4O4/c1-28(2)18-11-7-16(8-12-18)15-22(27-23(30)20-5-3-4-6-21(20)25)24(31)26-17-9-13-19(14-10-17)29(32)33/h3-15H,1-2H3,(H,26,31)(H,27,30). The first-order chi connectivity index (χ1) is 15.7. The molecule has 0 spiro atoms. The van der Waals surface area contributed by atoms with E-state index < -0.39 is 22.6 Å². The van der Waals surface area contributed by atoms with Crippen LogP contribution in [0.4, 0.5) is 21.5 Å². The van der Waals surface area contributed by atoms with E-state index in [4.69, 9.17) is 0 Å². The van der Waals surface area contributed by atoms with Crippen molar-refractivity contribution < 1.29 is 18.9 Å². The maximum absolute atomic E-state index is 14.0. The summed E-state index contributed by atoms with van der Waals surface area (Å²) in [6, 6.07) is 17.9. The summed E-state index contributed by atoms with van der Waals surface area (Å²) in [5, 5.41) is 15.9. The fraction of sp³-hybridized carbons (Fsp3) is 0.0833. The maximum Gasteiger partial charge on any atom is 0.272 e. The molecule has 33 heavy (non-hydrogen) atoms. The number of nitrogens with one attached hydrogen (secondary N) is 2. The number of carbonyl (C=O) groups excluding carboxylic acids is 2. The second kappa shape index (κ2) is 10.2. The third kappa shape index (κ3) is 6.01. The molecule has 0 saturated heterocycles. The van der Waals surface area contributed by atoms with E-state index in [1.54, 1.807) is 12.1 Å². The number of carbonyl (C=O) groups is 2. The van der Waals surface area contributed by atoms with Gasteiger partial charge in [0, 0.05) is 37.6 Å². The molecule has 3 rings (SSSR count). The lowest BCUT2D eigenvalue weighted by molar-refractivity contribution is -0.384. The highest BCUT2D eigenvalue weighted by Crippen LogP contribution is 2.18. The molecule has 0 aromatic heterocycles. The van der Waals surface area contributed by atoms with Gasteiger partial charge in [-0.1, -0.05) is 24.3 Å². The average molecular weight is 448 g/mol. The number of nitro groups is 1. The van der Waals surface area contributed by atoms with Gasteiger partial charge in [-0.25, -0.2) is 4.39 Å². The number of rotatable bonds is 7. The molecule has 0 bridgehead atoms. The maximum atomic E-state index is 14.0. The minimum absolute atomic E-state index is 0.126. The molecule has 0 fully saturated rings. The summed E-state index contributed by atoms with van der Waals surface area (Å²) in [5.41, 5.74) is 1.40. The van der Waals surface area contributed by atoms with Crippen molar-refractivity contribution in [3.8, 4) is 0 Å². The highest BCUT2D eigenvalue weighted by molar-refractivity contribution is 6.10. The molecule has 2 N–H and O–H groups in total. The van der Waals surface area contributed by atoms with Crippen molar-refractivity contribution in [2.45, 2.75) is 0 Å². The van der Waals surface area contributed by atoms with Crippen LogP contribution in [-0.2, 0) is 4.79 Å². The summed E-state index contributed by atoms with van der Waals surface area (Å²) >= 11 is 0. The Morgan fingerprint density at radius 1 is 0.970 bits per heavy atom. The second-order valence-corrected chi connectivity index (χ2v) is 7.24. The first kappa shape index (κ1) is 23.1. The van der Waals surface area contributed by atoms with Crippen molar-refractivity contribution in [1.82, 2.24) is 5.32 Å². The molecule has 9 heteroatoms. The Bertz CT molecular complexity index is 1210. The molecule has 0 radical (unpaired) electrons. The van der Waals surface area contributed by atoms with Crippen LogP contribution in [-0.4, -0.2) is 30.8 Å². The monoisotopic (exact) mass is 448 g/mol. The Kier molecular flexibility index (Phi) is 7.14. The van der Waals surface area contributed by atoms with Gasteiger partial charge < -0.3 is 15.5 Å². The van der Waals surface area contributed by atoms with Gasteiger partial charge in [0.1, 0.15) is 11.5 Å². The molecule has 0 unspecified atom stereocenters. The van der Waals surface area contributed by atoms with Gasteiger partial charge in [0.2, 0.25) is 0 Å². The van der Waals surface area contributed by atoms with Gasteiger partial charge in [-0.3, -0.25) is 19.7 Å². The summed E-state index contributed by atoms with van der Waals surface area (Å²) < 4.78 is 14.0. The molecule has 168 valence electrons. The van der Waals surface area contributed by atoms with Gasteiger partial charge in [0.15, 0.2) is 0 Å². The van der Waals surface area contributed by atoms with Gasteiger partial charge >= 0.3 is 0 Å². The van der Waals surface area contributed by atoms with E-state index in [9.17, 15) is 24.1 Å². The van der Waals surface area contributed by atoms with E-state index in [2.05, 4.69) is 10.6 Å². The van der Waals surface area contributed by atoms with Crippen LogP contribution in [0.5, 0.6) is 0 Å². The van der Waals surface area contributed by atoms with Crippen LogP contribution in [0.2, 0.25) is 0 Å². The zero-order chi connectivity index (χ0) is 24.0. The third-order valence-electron chi connectivity index (χ3n) is 4.67. The molecule has 0 saturated carbocycles. The SMILES string of the molecule is CN(C)c1ccc(C=C(NC(=O)c2ccccc2F)C(=O)Nc2ccc([N+](=O)[O-])cc2)cc1. The van der Waals surface area contributed by atoms with Crippen LogP contribution in [0.15, 0.2) is 78.5 Å². The molecule has 2 amide bonds. The Morgan fingerprint density at radius 3 is 2.18 bits per heavy atom. The summed E-state index contributed by atoms with van der Waals surface area (Å²) in [5.74, 6) is -2.19. The lowest BCUT2D eigenvalue weighted by atomic mass is 10.1. The highest BCUT2D eigenvalue weighted by atomic mass is 19.1. The van der Waals surface area contributed by atoms with Crippen LogP contribution < -0.4 is 15.5 Å². The highest BCUT2D eigenvalue weighted by Gasteiger charge is 2.18. The normalized spacial score (nSPS) is 10.9. The lowest BCUT2D eigenvalue weighted by Gasteiger charge is -2.13. The van der Waals surface area contributed by atoms with Gasteiger partial charge in [-0.05, 0) is 48.0 Å². The number of nitro benzene ring substituents is 1. The Labute approximate surface area is 189 Å². The molecular weight excluding hydrogens is 427 g/mol. The fourth-order valence-corrected chi connectivity index (χ4v) is 2.89. The second-order valence-electron chi connectivity index (χ2n) is 7.24. The quantitative estimate of drug-likeness (QED) is 0.320. The van der Waals surface area contributed by atoms with Gasteiger partial charge in [0.05, 0.1) is 10.5 Å². The minimum Gasteiger partial charge on any atom is -0.378 e. The van der Waals surface area contributed by atoms with Crippen LogP contribution in [0.1, 0.15) is 15.9 Å². The molecule has 0 heterocycles. The summed E-state index contributed by atoms with van der Waals surface area (Å²) in [6.45, 7) is 0. The topological polar surface area (TPSA) is 105 Å². The number of hydrogen-bond donors (Lipinski definition) is 2. The largest absolute Gasteiger partial charge is 0.378 e. The minimum atomic E-state index is -0.789. The molecular formula is C24H21FN4O4. The zero-order valence-corrected chi connectivity index (χ0v) is 17.9. The smallest absolute Gasteiger partial charge is 0.272 e. The Morgan fingerprint density at radius 2 is 1.61 bits per heavy atom. The molecule has 0 atom stereocenters. The number of amides is 2. The van der Waals surface area contributed by atoms with Crippen LogP contribution in [0.3, 0.4) is 0 Å². The van der Waals surface area contributed by atoms with Gasteiger partial charge in [0.25, 0.3) is 17.5 Å². The molecule has 3 aromatic carbocycles. The fourth-order valence-electron chi connectivity index (χ4n) is 2.89. The molecule has 3 aromatic rings. The van der Waals surface area contributed by atoms with Crippen LogP contribution in [0.25, 0.3) is 6.08 Å². The van der Waals surface area contributed by atoms with E-state index in [0.29, 0.717) is 11.3 Å². The molecule has 0 aliphatic heterocycles. The number of nitrogens with zero attached hydrogens (tertiary/aromatic N) is 2. The number of halogens is 1. The number of benzene rings is 3. The third-order valence-corrected chi connectivity index (χ3v) is 4.67. The first-order valence-corrected chi connectivity index (χ1v) is 9.85. The van der Waals surface area contributed by atoms with Crippen molar-refractivity contribution in [2.24, 2.45) is 0 Å². The number of anilines is 2. The molecule has 0 aliphatic carbocycles. The predicted octanol–water partition coefficient (Wildman–Crippen LogP) is 4.21. The Balaban J connectivity index is 1.89. The van der Waals surface area contributed by atoms with Crippen LogP contribution in [0, 0.1) is 15.9 Å².